The van der Waals surface area contributed by atoms with E-state index in [1.54, 1.807) is 25.1 Å². The van der Waals surface area contributed by atoms with E-state index in [4.69, 9.17) is 5.73 Å². The van der Waals surface area contributed by atoms with Crippen LogP contribution in [0.25, 0.3) is 0 Å². The maximum absolute atomic E-state index is 12.3. The predicted molar refractivity (Wildman–Crippen MR) is 79.7 cm³/mol. The van der Waals surface area contributed by atoms with Crippen molar-refractivity contribution in [3.8, 4) is 0 Å². The Balaban J connectivity index is 2.38. The molecule has 0 fully saturated rings. The monoisotopic (exact) mass is 361 g/mol. The predicted octanol–water partition coefficient (Wildman–Crippen LogP) is 2.47. The maximum atomic E-state index is 12.3. The van der Waals surface area contributed by atoms with Gasteiger partial charge in [-0.15, -0.1) is 11.3 Å². The number of anilines is 1. The smallest absolute Gasteiger partial charge is 0.264 e. The third-order valence-electron chi connectivity index (χ3n) is 2.40. The van der Waals surface area contributed by atoms with Gasteiger partial charge in [-0.3, -0.25) is 4.72 Å². The zero-order chi connectivity index (χ0) is 14.0. The number of sulfonamides is 1. The highest BCUT2D eigenvalue weighted by atomic mass is 79.9. The van der Waals surface area contributed by atoms with Crippen molar-refractivity contribution < 1.29 is 8.42 Å². The first kappa shape index (κ1) is 14.4. The lowest BCUT2D eigenvalue weighted by atomic mass is 10.4. The molecule has 0 aliphatic heterocycles. The lowest BCUT2D eigenvalue weighted by Gasteiger charge is -2.07. The van der Waals surface area contributed by atoms with Crippen LogP contribution in [-0.2, 0) is 16.6 Å². The zero-order valence-electron chi connectivity index (χ0n) is 10.1. The molecule has 0 aliphatic carbocycles. The molecule has 0 atom stereocenters. The van der Waals surface area contributed by atoms with E-state index in [0.717, 1.165) is 4.88 Å². The molecule has 102 valence electrons. The fraction of sp³-hybridized carbons (Fsp3) is 0.182. The third kappa shape index (κ3) is 3.14. The molecule has 3 N–H and O–H groups in total. The summed E-state index contributed by atoms with van der Waals surface area (Å²) in [6.07, 6.45) is 1.52. The molecule has 2 rings (SSSR count). The Kier molecular flexibility index (Phi) is 4.24. The van der Waals surface area contributed by atoms with Gasteiger partial charge in [0.15, 0.2) is 5.82 Å². The summed E-state index contributed by atoms with van der Waals surface area (Å²) in [6, 6.07) is 5.03. The molecule has 0 spiro atoms. The molecule has 2 aromatic heterocycles. The first-order valence-corrected chi connectivity index (χ1v) is 8.46. The summed E-state index contributed by atoms with van der Waals surface area (Å²) in [5.41, 5.74) is 5.53. The van der Waals surface area contributed by atoms with Crippen LogP contribution in [0.15, 0.2) is 33.8 Å². The third-order valence-corrected chi connectivity index (χ3v) is 5.71. The van der Waals surface area contributed by atoms with Crippen molar-refractivity contribution >= 4 is 43.1 Å². The molecule has 5 nitrogen and oxygen atoms in total. The number of hydrogen-bond donors (Lipinski definition) is 2. The molecular weight excluding hydrogens is 350 g/mol. The zero-order valence-corrected chi connectivity index (χ0v) is 13.3. The fourth-order valence-electron chi connectivity index (χ4n) is 1.53. The molecule has 0 saturated heterocycles. The van der Waals surface area contributed by atoms with Gasteiger partial charge in [-0.05, 0) is 41.1 Å². The van der Waals surface area contributed by atoms with Crippen LogP contribution in [0.3, 0.4) is 0 Å². The number of thiophene rings is 1. The topological polar surface area (TPSA) is 85.1 Å². The van der Waals surface area contributed by atoms with E-state index in [1.807, 2.05) is 0 Å². The normalized spacial score (nSPS) is 11.5. The Morgan fingerprint density at radius 1 is 1.53 bits per heavy atom. The summed E-state index contributed by atoms with van der Waals surface area (Å²) in [7, 11) is -3.64. The van der Waals surface area contributed by atoms with Gasteiger partial charge in [-0.25, -0.2) is 13.4 Å². The molecule has 2 aromatic rings. The molecule has 0 amide bonds. The van der Waals surface area contributed by atoms with Crippen LogP contribution in [-0.4, -0.2) is 13.4 Å². The number of aryl methyl sites for hydroxylation is 1. The van der Waals surface area contributed by atoms with Crippen molar-refractivity contribution in [1.29, 1.82) is 0 Å². The standard InChI is InChI=1S/C11H12BrN3O2S2/c1-7-10(5-8(6-13)18-7)19(16,17)15-11-9(12)3-2-4-14-11/h2-5H,6,13H2,1H3,(H,14,15). The van der Waals surface area contributed by atoms with Crippen LogP contribution < -0.4 is 10.5 Å². The highest BCUT2D eigenvalue weighted by Crippen LogP contribution is 2.28. The van der Waals surface area contributed by atoms with Crippen LogP contribution in [0, 0.1) is 6.92 Å². The highest BCUT2D eigenvalue weighted by Gasteiger charge is 2.21. The van der Waals surface area contributed by atoms with Crippen LogP contribution >= 0.6 is 27.3 Å². The SMILES string of the molecule is Cc1sc(CN)cc1S(=O)(=O)Nc1ncccc1Br. The van der Waals surface area contributed by atoms with Gasteiger partial charge in [0, 0.05) is 22.5 Å². The van der Waals surface area contributed by atoms with Crippen molar-refractivity contribution in [2.45, 2.75) is 18.4 Å². The molecule has 2 heterocycles. The largest absolute Gasteiger partial charge is 0.326 e. The fourth-order valence-corrected chi connectivity index (χ4v) is 4.56. The summed E-state index contributed by atoms with van der Waals surface area (Å²) >= 11 is 4.63. The summed E-state index contributed by atoms with van der Waals surface area (Å²) in [4.78, 5) is 5.77. The number of nitrogens with one attached hydrogen (secondary N) is 1. The second-order valence-electron chi connectivity index (χ2n) is 3.78. The number of aromatic nitrogens is 1. The lowest BCUT2D eigenvalue weighted by Crippen LogP contribution is -2.14. The van der Waals surface area contributed by atoms with Gasteiger partial charge in [-0.1, -0.05) is 0 Å². The van der Waals surface area contributed by atoms with Gasteiger partial charge in [0.1, 0.15) is 4.90 Å². The van der Waals surface area contributed by atoms with Crippen molar-refractivity contribution in [2.24, 2.45) is 5.73 Å². The number of nitrogens with zero attached hydrogens (tertiary/aromatic N) is 1. The summed E-state index contributed by atoms with van der Waals surface area (Å²) < 4.78 is 27.6. The number of pyridine rings is 1. The van der Waals surface area contributed by atoms with Crippen LogP contribution in [0.2, 0.25) is 0 Å². The van der Waals surface area contributed by atoms with Gasteiger partial charge in [0.25, 0.3) is 10.0 Å². The number of halogens is 1. The second-order valence-corrected chi connectivity index (χ2v) is 7.62. The van der Waals surface area contributed by atoms with Gasteiger partial charge in [0.2, 0.25) is 0 Å². The Bertz CT molecular complexity index is 698. The molecule has 0 aromatic carbocycles. The molecule has 8 heteroatoms. The minimum atomic E-state index is -3.64. The van der Waals surface area contributed by atoms with Crippen LogP contribution in [0.5, 0.6) is 0 Å². The Morgan fingerprint density at radius 2 is 2.26 bits per heavy atom. The van der Waals surface area contributed by atoms with E-state index in [1.165, 1.54) is 17.5 Å². The van der Waals surface area contributed by atoms with E-state index < -0.39 is 10.0 Å². The van der Waals surface area contributed by atoms with Crippen molar-refractivity contribution in [1.82, 2.24) is 4.98 Å². The van der Waals surface area contributed by atoms with Crippen LogP contribution in [0.1, 0.15) is 9.75 Å². The van der Waals surface area contributed by atoms with Gasteiger partial charge < -0.3 is 5.73 Å². The molecule has 0 radical (unpaired) electrons. The van der Waals surface area contributed by atoms with Gasteiger partial charge in [-0.2, -0.15) is 0 Å². The van der Waals surface area contributed by atoms with Gasteiger partial charge in [0.05, 0.1) is 4.47 Å². The Hall–Kier alpha value is -0.960. The number of hydrogen-bond acceptors (Lipinski definition) is 5. The minimum absolute atomic E-state index is 0.246. The first-order chi connectivity index (χ1) is 8.94. The van der Waals surface area contributed by atoms with Gasteiger partial charge >= 0.3 is 0 Å². The van der Waals surface area contributed by atoms with Crippen molar-refractivity contribution in [3.05, 3.63) is 38.6 Å². The summed E-state index contributed by atoms with van der Waals surface area (Å²) in [5, 5.41) is 0. The molecule has 0 aliphatic rings. The quantitative estimate of drug-likeness (QED) is 0.875. The molecule has 19 heavy (non-hydrogen) atoms. The van der Waals surface area contributed by atoms with Crippen molar-refractivity contribution in [2.75, 3.05) is 4.72 Å². The van der Waals surface area contributed by atoms with Crippen LogP contribution in [0.4, 0.5) is 5.82 Å². The highest BCUT2D eigenvalue weighted by molar-refractivity contribution is 9.10. The maximum Gasteiger partial charge on any atom is 0.264 e. The first-order valence-electron chi connectivity index (χ1n) is 5.37. The second kappa shape index (κ2) is 5.58. The molecule has 0 bridgehead atoms. The number of nitrogens with two attached hydrogens (primary N) is 1. The average molecular weight is 362 g/mol. The molecule has 0 saturated carbocycles. The van der Waals surface area contributed by atoms with E-state index in [0.29, 0.717) is 15.9 Å². The van der Waals surface area contributed by atoms with E-state index >= 15 is 0 Å². The van der Waals surface area contributed by atoms with E-state index in [-0.39, 0.29) is 10.7 Å². The molecule has 0 unspecified atom stereocenters. The van der Waals surface area contributed by atoms with Crippen molar-refractivity contribution in [3.63, 3.8) is 0 Å². The van der Waals surface area contributed by atoms with E-state index in [2.05, 4.69) is 25.6 Å². The molecular formula is C11H12BrN3O2S2. The summed E-state index contributed by atoms with van der Waals surface area (Å²) in [5.74, 6) is 0.266. The number of rotatable bonds is 4. The average Bonchev–Trinajstić information content (AvgIpc) is 2.74. The minimum Gasteiger partial charge on any atom is -0.326 e. The Morgan fingerprint density at radius 3 is 2.84 bits per heavy atom. The Labute approximate surface area is 124 Å². The van der Waals surface area contributed by atoms with E-state index in [9.17, 15) is 8.42 Å². The summed E-state index contributed by atoms with van der Waals surface area (Å²) in [6.45, 7) is 2.08. The lowest BCUT2D eigenvalue weighted by molar-refractivity contribution is 0.601.